The standard InChI is InChI=1S/C16H19ClN2O2/c1-12-15(4-3-7-19-12)21-16-6-5-13(10-14(16)17)11-18-8-9-20-2/h3-7,10,18H,8-9,11H2,1-2H3. The third-order valence-corrected chi connectivity index (χ3v) is 3.28. The molecule has 1 aromatic carbocycles. The largest absolute Gasteiger partial charge is 0.454 e. The van der Waals surface area contributed by atoms with Crippen LogP contribution in [0.25, 0.3) is 0 Å². The van der Waals surface area contributed by atoms with Crippen LogP contribution >= 0.6 is 11.6 Å². The molecule has 0 aliphatic heterocycles. The minimum atomic E-state index is 0.587. The van der Waals surface area contributed by atoms with Gasteiger partial charge in [-0.2, -0.15) is 0 Å². The number of aryl methyl sites for hydroxylation is 1. The second-order valence-electron chi connectivity index (χ2n) is 4.62. The van der Waals surface area contributed by atoms with E-state index in [2.05, 4.69) is 10.3 Å². The minimum Gasteiger partial charge on any atom is -0.454 e. The van der Waals surface area contributed by atoms with E-state index in [1.165, 1.54) is 0 Å². The first-order valence-electron chi connectivity index (χ1n) is 6.78. The maximum Gasteiger partial charge on any atom is 0.148 e. The topological polar surface area (TPSA) is 43.4 Å². The molecule has 21 heavy (non-hydrogen) atoms. The lowest BCUT2D eigenvalue weighted by atomic mass is 10.2. The number of pyridine rings is 1. The van der Waals surface area contributed by atoms with Gasteiger partial charge < -0.3 is 14.8 Å². The average molecular weight is 307 g/mol. The molecule has 1 aromatic heterocycles. The van der Waals surface area contributed by atoms with Gasteiger partial charge in [0.2, 0.25) is 0 Å². The number of hydrogen-bond acceptors (Lipinski definition) is 4. The Kier molecular flexibility index (Phi) is 5.99. The van der Waals surface area contributed by atoms with Crippen LogP contribution < -0.4 is 10.1 Å². The summed E-state index contributed by atoms with van der Waals surface area (Å²) < 4.78 is 10.8. The predicted molar refractivity (Wildman–Crippen MR) is 84.1 cm³/mol. The Morgan fingerprint density at radius 1 is 1.24 bits per heavy atom. The van der Waals surface area contributed by atoms with Gasteiger partial charge in [-0.25, -0.2) is 0 Å². The maximum atomic E-state index is 6.27. The Bertz CT molecular complexity index is 590. The summed E-state index contributed by atoms with van der Waals surface area (Å²) in [5.74, 6) is 1.35. The van der Waals surface area contributed by atoms with Crippen molar-refractivity contribution in [1.82, 2.24) is 10.3 Å². The van der Waals surface area contributed by atoms with Crippen LogP contribution in [0.15, 0.2) is 36.5 Å². The highest BCUT2D eigenvalue weighted by Gasteiger charge is 2.06. The fraction of sp³-hybridized carbons (Fsp3) is 0.312. The molecule has 4 nitrogen and oxygen atoms in total. The van der Waals surface area contributed by atoms with Crippen LogP contribution in [0.3, 0.4) is 0 Å². The number of ether oxygens (including phenoxy) is 2. The van der Waals surface area contributed by atoms with Gasteiger partial charge in [-0.15, -0.1) is 0 Å². The van der Waals surface area contributed by atoms with E-state index in [4.69, 9.17) is 21.1 Å². The lowest BCUT2D eigenvalue weighted by Gasteiger charge is -2.11. The summed E-state index contributed by atoms with van der Waals surface area (Å²) in [5.41, 5.74) is 1.94. The second-order valence-corrected chi connectivity index (χ2v) is 5.03. The SMILES string of the molecule is COCCNCc1ccc(Oc2cccnc2C)c(Cl)c1. The van der Waals surface area contributed by atoms with Crippen molar-refractivity contribution in [3.63, 3.8) is 0 Å². The maximum absolute atomic E-state index is 6.27. The fourth-order valence-electron chi connectivity index (χ4n) is 1.84. The molecule has 0 saturated carbocycles. The van der Waals surface area contributed by atoms with Gasteiger partial charge in [-0.3, -0.25) is 4.98 Å². The third kappa shape index (κ3) is 4.70. The number of nitrogens with zero attached hydrogens (tertiary/aromatic N) is 1. The summed E-state index contributed by atoms with van der Waals surface area (Å²) in [6.45, 7) is 4.14. The van der Waals surface area contributed by atoms with E-state index in [9.17, 15) is 0 Å². The van der Waals surface area contributed by atoms with Gasteiger partial charge in [0, 0.05) is 26.4 Å². The Morgan fingerprint density at radius 2 is 2.10 bits per heavy atom. The van der Waals surface area contributed by atoms with Crippen LogP contribution in [-0.2, 0) is 11.3 Å². The van der Waals surface area contributed by atoms with Crippen molar-refractivity contribution in [3.05, 3.63) is 52.8 Å². The molecule has 0 aliphatic carbocycles. The Morgan fingerprint density at radius 3 is 2.81 bits per heavy atom. The van der Waals surface area contributed by atoms with Gasteiger partial charge in [0.15, 0.2) is 0 Å². The molecular weight excluding hydrogens is 288 g/mol. The molecule has 0 spiro atoms. The van der Waals surface area contributed by atoms with Gasteiger partial charge >= 0.3 is 0 Å². The number of benzene rings is 1. The van der Waals surface area contributed by atoms with Crippen molar-refractivity contribution in [1.29, 1.82) is 0 Å². The van der Waals surface area contributed by atoms with Crippen LogP contribution in [0.4, 0.5) is 0 Å². The lowest BCUT2D eigenvalue weighted by Crippen LogP contribution is -2.18. The van der Waals surface area contributed by atoms with Crippen molar-refractivity contribution in [2.24, 2.45) is 0 Å². The lowest BCUT2D eigenvalue weighted by molar-refractivity contribution is 0.199. The summed E-state index contributed by atoms with van der Waals surface area (Å²) in [6.07, 6.45) is 1.73. The van der Waals surface area contributed by atoms with Crippen molar-refractivity contribution < 1.29 is 9.47 Å². The van der Waals surface area contributed by atoms with Gasteiger partial charge in [0.25, 0.3) is 0 Å². The van der Waals surface area contributed by atoms with Crippen LogP contribution in [0.5, 0.6) is 11.5 Å². The van der Waals surface area contributed by atoms with E-state index >= 15 is 0 Å². The zero-order chi connectivity index (χ0) is 15.1. The van der Waals surface area contributed by atoms with E-state index < -0.39 is 0 Å². The highest BCUT2D eigenvalue weighted by atomic mass is 35.5. The Labute approximate surface area is 130 Å². The Balaban J connectivity index is 2.01. The zero-order valence-electron chi connectivity index (χ0n) is 12.2. The molecular formula is C16H19ClN2O2. The second kappa shape index (κ2) is 7.98. The first-order chi connectivity index (χ1) is 10.2. The van der Waals surface area contributed by atoms with Gasteiger partial charge in [0.05, 0.1) is 17.3 Å². The number of nitrogens with one attached hydrogen (secondary N) is 1. The number of halogens is 1. The van der Waals surface area contributed by atoms with Gasteiger partial charge in [-0.1, -0.05) is 17.7 Å². The minimum absolute atomic E-state index is 0.587. The molecule has 0 amide bonds. The number of hydrogen-bond donors (Lipinski definition) is 1. The van der Waals surface area contributed by atoms with E-state index in [1.807, 2.05) is 37.3 Å². The smallest absolute Gasteiger partial charge is 0.148 e. The number of methoxy groups -OCH3 is 1. The molecule has 0 fully saturated rings. The van der Waals surface area contributed by atoms with E-state index in [0.29, 0.717) is 23.1 Å². The molecule has 1 N–H and O–H groups in total. The molecule has 1 heterocycles. The summed E-state index contributed by atoms with van der Waals surface area (Å²) in [5, 5.41) is 3.86. The molecule has 5 heteroatoms. The van der Waals surface area contributed by atoms with Gasteiger partial charge in [-0.05, 0) is 36.8 Å². The van der Waals surface area contributed by atoms with E-state index in [-0.39, 0.29) is 0 Å². The fourth-order valence-corrected chi connectivity index (χ4v) is 2.08. The van der Waals surface area contributed by atoms with Gasteiger partial charge in [0.1, 0.15) is 11.5 Å². The van der Waals surface area contributed by atoms with Crippen molar-refractivity contribution >= 4 is 11.6 Å². The predicted octanol–water partition coefficient (Wildman–Crippen LogP) is 3.57. The normalized spacial score (nSPS) is 10.6. The first kappa shape index (κ1) is 15.8. The van der Waals surface area contributed by atoms with E-state index in [0.717, 1.165) is 24.3 Å². The highest BCUT2D eigenvalue weighted by molar-refractivity contribution is 6.32. The number of aromatic nitrogens is 1. The monoisotopic (exact) mass is 306 g/mol. The molecule has 0 atom stereocenters. The van der Waals surface area contributed by atoms with Crippen LogP contribution in [0.2, 0.25) is 5.02 Å². The molecule has 0 bridgehead atoms. The Hall–Kier alpha value is -1.62. The summed E-state index contributed by atoms with van der Waals surface area (Å²) in [6, 6.07) is 9.49. The van der Waals surface area contributed by atoms with Crippen LogP contribution in [-0.4, -0.2) is 25.2 Å². The summed E-state index contributed by atoms with van der Waals surface area (Å²) in [4.78, 5) is 4.19. The average Bonchev–Trinajstić information content (AvgIpc) is 2.48. The molecule has 2 aromatic rings. The highest BCUT2D eigenvalue weighted by Crippen LogP contribution is 2.31. The van der Waals surface area contributed by atoms with E-state index in [1.54, 1.807) is 13.3 Å². The molecule has 2 rings (SSSR count). The van der Waals surface area contributed by atoms with Crippen molar-refractivity contribution in [2.45, 2.75) is 13.5 Å². The van der Waals surface area contributed by atoms with Crippen LogP contribution in [0, 0.1) is 6.92 Å². The molecule has 0 saturated heterocycles. The molecule has 0 aliphatic rings. The molecule has 0 unspecified atom stereocenters. The van der Waals surface area contributed by atoms with Crippen LogP contribution in [0.1, 0.15) is 11.3 Å². The summed E-state index contributed by atoms with van der Waals surface area (Å²) in [7, 11) is 1.69. The zero-order valence-corrected chi connectivity index (χ0v) is 13.0. The summed E-state index contributed by atoms with van der Waals surface area (Å²) >= 11 is 6.27. The number of rotatable bonds is 7. The molecule has 112 valence electrons. The first-order valence-corrected chi connectivity index (χ1v) is 7.16. The van der Waals surface area contributed by atoms with Crippen molar-refractivity contribution in [2.75, 3.05) is 20.3 Å². The molecule has 0 radical (unpaired) electrons. The van der Waals surface area contributed by atoms with Crippen molar-refractivity contribution in [3.8, 4) is 11.5 Å². The quantitative estimate of drug-likeness (QED) is 0.794. The third-order valence-electron chi connectivity index (χ3n) is 2.99.